The van der Waals surface area contributed by atoms with Crippen molar-refractivity contribution in [3.8, 4) is 0 Å². The van der Waals surface area contributed by atoms with Gasteiger partial charge in [0.15, 0.2) is 17.5 Å². The fraction of sp³-hybridized carbons (Fsp3) is 0.318. The summed E-state index contributed by atoms with van der Waals surface area (Å²) in [6, 6.07) is 12.8. The van der Waals surface area contributed by atoms with Crippen molar-refractivity contribution in [3.05, 3.63) is 119 Å². The number of halogens is 4. The highest BCUT2D eigenvalue weighted by atomic mass is 19.1. The molecule has 332 valence electrons. The molecule has 1 unspecified atom stereocenters. The predicted molar refractivity (Wildman–Crippen MR) is 228 cm³/mol. The standard InChI is InChI=1S/C44H44F4N12O4/c45-34-21-29(54-44-51-25-37(48)40(56-44)52-27-1-3-28(4-2-27)53-42(63)32-9-13-49-24-36(32)47)5-6-31(34)43(64)57-60-15-11-26(12-16-60)10-14-58-17-19-59(20-18-58)38-22-35(46)33(23-50-38)30-7-8-39(61)55-41(30)62/h1-6,9,13,21-26,30H,7-8,10-12,14-20H2,(H,53,63)(H,57,64)(H,55,61,62)(H2,51,52,54,56). The SMILES string of the molecule is O=C1CCC(c2cnc(N3CCN(CCC4CCN(NC(=O)c5ccc(Nc6ncc(F)c(Nc7ccc(NC(=O)c8ccncc8F)cc7)n6)cc5F)CC4)CC3)cc2F)C(=O)N1. The number of carbonyl (C=O) groups excluding carboxylic acids is 4. The van der Waals surface area contributed by atoms with E-state index in [2.05, 4.69) is 51.5 Å². The molecule has 20 heteroatoms. The van der Waals surface area contributed by atoms with Gasteiger partial charge in [0.25, 0.3) is 11.8 Å². The van der Waals surface area contributed by atoms with Crippen LogP contribution in [0.4, 0.5) is 52.2 Å². The maximum atomic E-state index is 15.3. The van der Waals surface area contributed by atoms with Crippen LogP contribution >= 0.6 is 0 Å². The lowest BCUT2D eigenvalue weighted by Gasteiger charge is -2.37. The van der Waals surface area contributed by atoms with E-state index in [1.54, 1.807) is 17.1 Å². The molecule has 8 rings (SSSR count). The normalized spacial score (nSPS) is 17.4. The van der Waals surface area contributed by atoms with E-state index >= 15 is 8.78 Å². The molecule has 3 aromatic heterocycles. The van der Waals surface area contributed by atoms with E-state index in [0.29, 0.717) is 49.3 Å². The molecule has 3 aliphatic rings. The molecule has 4 amide bonds. The van der Waals surface area contributed by atoms with Gasteiger partial charge in [0.1, 0.15) is 17.5 Å². The zero-order valence-corrected chi connectivity index (χ0v) is 34.4. The number of imide groups is 1. The van der Waals surface area contributed by atoms with Crippen LogP contribution < -0.4 is 31.6 Å². The highest BCUT2D eigenvalue weighted by Crippen LogP contribution is 2.29. The third-order valence-corrected chi connectivity index (χ3v) is 11.5. The zero-order valence-electron chi connectivity index (χ0n) is 34.4. The molecule has 3 fully saturated rings. The van der Waals surface area contributed by atoms with Gasteiger partial charge >= 0.3 is 0 Å². The molecule has 0 bridgehead atoms. The number of piperazine rings is 1. The third kappa shape index (κ3) is 10.6. The van der Waals surface area contributed by atoms with Gasteiger partial charge in [0.05, 0.1) is 29.4 Å². The number of hydrazine groups is 1. The van der Waals surface area contributed by atoms with Crippen LogP contribution in [0.25, 0.3) is 0 Å². The first-order valence-electron chi connectivity index (χ1n) is 20.8. The highest BCUT2D eigenvalue weighted by Gasteiger charge is 2.31. The van der Waals surface area contributed by atoms with Gasteiger partial charge in [-0.05, 0) is 86.7 Å². The van der Waals surface area contributed by atoms with Gasteiger partial charge in [0, 0.05) is 86.8 Å². The van der Waals surface area contributed by atoms with Crippen molar-refractivity contribution in [2.45, 2.75) is 38.0 Å². The molecule has 0 spiro atoms. The second-order valence-corrected chi connectivity index (χ2v) is 15.8. The molecule has 1 atom stereocenters. The molecule has 3 saturated heterocycles. The Hall–Kier alpha value is -7.06. The Morgan fingerprint density at radius 1 is 0.719 bits per heavy atom. The van der Waals surface area contributed by atoms with Crippen LogP contribution in [0.1, 0.15) is 64.3 Å². The molecule has 64 heavy (non-hydrogen) atoms. The van der Waals surface area contributed by atoms with Crippen molar-refractivity contribution >= 4 is 58.3 Å². The summed E-state index contributed by atoms with van der Waals surface area (Å²) in [5.41, 5.74) is 3.72. The maximum Gasteiger partial charge on any atom is 0.268 e. The number of nitrogens with zero attached hydrogens (tertiary/aromatic N) is 7. The first kappa shape index (κ1) is 43.6. The Balaban J connectivity index is 0.756. The van der Waals surface area contributed by atoms with Crippen LogP contribution in [-0.2, 0) is 9.59 Å². The van der Waals surface area contributed by atoms with E-state index in [0.717, 1.165) is 57.4 Å². The Morgan fingerprint density at radius 3 is 2.17 bits per heavy atom. The van der Waals surface area contributed by atoms with Crippen LogP contribution in [0.15, 0.2) is 79.4 Å². The molecule has 5 aromatic rings. The van der Waals surface area contributed by atoms with E-state index in [9.17, 15) is 28.0 Å². The minimum Gasteiger partial charge on any atom is -0.354 e. The Labute approximate surface area is 364 Å². The first-order chi connectivity index (χ1) is 30.9. The third-order valence-electron chi connectivity index (χ3n) is 11.5. The summed E-state index contributed by atoms with van der Waals surface area (Å²) >= 11 is 0. The van der Waals surface area contributed by atoms with Gasteiger partial charge in [-0.25, -0.2) is 32.5 Å². The van der Waals surface area contributed by atoms with Crippen molar-refractivity contribution in [1.29, 1.82) is 0 Å². The highest BCUT2D eigenvalue weighted by molar-refractivity contribution is 6.04. The molecular weight excluding hydrogens is 837 g/mol. The molecular formula is C44H44F4N12O4. The number of aromatic nitrogens is 4. The van der Waals surface area contributed by atoms with Gasteiger partial charge in [-0.1, -0.05) is 0 Å². The second kappa shape index (κ2) is 19.5. The van der Waals surface area contributed by atoms with Crippen LogP contribution in [0.3, 0.4) is 0 Å². The average Bonchev–Trinajstić information content (AvgIpc) is 3.28. The summed E-state index contributed by atoms with van der Waals surface area (Å²) in [5, 5.41) is 12.3. The summed E-state index contributed by atoms with van der Waals surface area (Å²) in [7, 11) is 0. The zero-order chi connectivity index (χ0) is 44.7. The van der Waals surface area contributed by atoms with Crippen molar-refractivity contribution in [3.63, 3.8) is 0 Å². The smallest absolute Gasteiger partial charge is 0.268 e. The molecule has 16 nitrogen and oxygen atoms in total. The summed E-state index contributed by atoms with van der Waals surface area (Å²) in [6.45, 7) is 5.09. The minimum atomic E-state index is -0.776. The van der Waals surface area contributed by atoms with E-state index < -0.39 is 46.9 Å². The van der Waals surface area contributed by atoms with Crippen molar-refractivity contribution in [1.82, 2.24) is 40.6 Å². The van der Waals surface area contributed by atoms with Crippen LogP contribution in [0.5, 0.6) is 0 Å². The monoisotopic (exact) mass is 880 g/mol. The molecule has 3 aliphatic heterocycles. The van der Waals surface area contributed by atoms with Gasteiger partial charge in [-0.3, -0.25) is 39.8 Å². The number of benzene rings is 2. The van der Waals surface area contributed by atoms with Crippen LogP contribution in [-0.4, -0.2) is 99.3 Å². The molecule has 2 aromatic carbocycles. The van der Waals surface area contributed by atoms with Crippen molar-refractivity contribution < 1.29 is 36.7 Å². The van der Waals surface area contributed by atoms with E-state index in [4.69, 9.17) is 0 Å². The summed E-state index contributed by atoms with van der Waals surface area (Å²) in [5.74, 6) is -4.86. The average molecular weight is 881 g/mol. The predicted octanol–water partition coefficient (Wildman–Crippen LogP) is 5.65. The van der Waals surface area contributed by atoms with Crippen molar-refractivity contribution in [2.24, 2.45) is 5.92 Å². The topological polar surface area (TPSA) is 190 Å². The van der Waals surface area contributed by atoms with E-state index in [-0.39, 0.29) is 52.9 Å². The number of pyridine rings is 2. The largest absolute Gasteiger partial charge is 0.354 e. The lowest BCUT2D eigenvalue weighted by atomic mass is 9.91. The number of carbonyl (C=O) groups is 4. The fourth-order valence-electron chi connectivity index (χ4n) is 7.91. The Morgan fingerprint density at radius 2 is 1.45 bits per heavy atom. The van der Waals surface area contributed by atoms with Crippen LogP contribution in [0.2, 0.25) is 0 Å². The lowest BCUT2D eigenvalue weighted by Crippen LogP contribution is -2.48. The van der Waals surface area contributed by atoms with E-state index in [1.807, 2.05) is 4.90 Å². The first-order valence-corrected chi connectivity index (χ1v) is 20.8. The summed E-state index contributed by atoms with van der Waals surface area (Å²) in [6.07, 6.45) is 7.74. The summed E-state index contributed by atoms with van der Waals surface area (Å²) < 4.78 is 58.9. The number of rotatable bonds is 13. The molecule has 0 aliphatic carbocycles. The molecule has 0 radical (unpaired) electrons. The molecule has 5 N–H and O–H groups in total. The number of amides is 4. The lowest BCUT2D eigenvalue weighted by molar-refractivity contribution is -0.134. The second-order valence-electron chi connectivity index (χ2n) is 15.8. The number of nitrogens with one attached hydrogen (secondary N) is 5. The number of hydrogen-bond acceptors (Lipinski definition) is 13. The number of anilines is 6. The number of hydrogen-bond donors (Lipinski definition) is 5. The molecule has 0 saturated carbocycles. The van der Waals surface area contributed by atoms with Gasteiger partial charge in [-0.2, -0.15) is 4.98 Å². The van der Waals surface area contributed by atoms with E-state index in [1.165, 1.54) is 48.8 Å². The molecule has 6 heterocycles. The van der Waals surface area contributed by atoms with Gasteiger partial charge in [-0.15, -0.1) is 0 Å². The summed E-state index contributed by atoms with van der Waals surface area (Å²) in [4.78, 5) is 69.8. The van der Waals surface area contributed by atoms with Crippen molar-refractivity contribution in [2.75, 3.05) is 66.7 Å². The van der Waals surface area contributed by atoms with Gasteiger partial charge in [0.2, 0.25) is 17.8 Å². The van der Waals surface area contributed by atoms with Gasteiger partial charge < -0.3 is 20.9 Å². The quantitative estimate of drug-likeness (QED) is 0.0722. The fourth-order valence-corrected chi connectivity index (χ4v) is 7.91. The van der Waals surface area contributed by atoms with Crippen LogP contribution in [0, 0.1) is 29.2 Å². The maximum absolute atomic E-state index is 15.3. The minimum absolute atomic E-state index is 0.0430. The Kier molecular flexibility index (Phi) is 13.3. The number of piperidine rings is 2. The Bertz CT molecular complexity index is 2540.